The molecule has 154 valence electrons. The highest BCUT2D eigenvalue weighted by molar-refractivity contribution is 6.04. The lowest BCUT2D eigenvalue weighted by Crippen LogP contribution is -2.30. The maximum Gasteiger partial charge on any atom is 0.339 e. The van der Waals surface area contributed by atoms with Crippen LogP contribution in [-0.4, -0.2) is 38.3 Å². The zero-order valence-electron chi connectivity index (χ0n) is 16.6. The van der Waals surface area contributed by atoms with E-state index in [-0.39, 0.29) is 5.56 Å². The van der Waals surface area contributed by atoms with Crippen LogP contribution in [-0.2, 0) is 9.53 Å². The van der Waals surface area contributed by atoms with Crippen molar-refractivity contribution in [2.24, 2.45) is 0 Å². The molecule has 3 aromatic carbocycles. The van der Waals surface area contributed by atoms with Gasteiger partial charge in [0.2, 0.25) is 5.75 Å². The molecule has 4 rings (SSSR count). The fraction of sp³-hybridized carbons (Fsp3) is 0.217. The highest BCUT2D eigenvalue weighted by Crippen LogP contribution is 2.40. The van der Waals surface area contributed by atoms with Crippen molar-refractivity contribution in [2.75, 3.05) is 25.6 Å². The molecule has 1 aliphatic heterocycles. The van der Waals surface area contributed by atoms with Gasteiger partial charge in [0.15, 0.2) is 17.6 Å². The van der Waals surface area contributed by atoms with Crippen LogP contribution in [0.25, 0.3) is 10.8 Å². The second-order valence-electron chi connectivity index (χ2n) is 6.77. The Morgan fingerprint density at radius 2 is 1.80 bits per heavy atom. The summed E-state index contributed by atoms with van der Waals surface area (Å²) in [5.74, 6) is 0.129. The van der Waals surface area contributed by atoms with E-state index >= 15 is 0 Å². The Morgan fingerprint density at radius 3 is 2.63 bits per heavy atom. The molecule has 3 aromatic rings. The predicted molar refractivity (Wildman–Crippen MR) is 111 cm³/mol. The fourth-order valence-corrected chi connectivity index (χ4v) is 3.24. The highest BCUT2D eigenvalue weighted by atomic mass is 16.6. The molecule has 1 amide bonds. The van der Waals surface area contributed by atoms with Crippen molar-refractivity contribution in [2.45, 2.75) is 13.0 Å². The van der Waals surface area contributed by atoms with Gasteiger partial charge in [-0.25, -0.2) is 4.79 Å². The molecule has 0 spiro atoms. The Balaban J connectivity index is 1.49. The van der Waals surface area contributed by atoms with Gasteiger partial charge >= 0.3 is 5.97 Å². The molecule has 1 heterocycles. The number of nitrogens with one attached hydrogen (secondary N) is 1. The van der Waals surface area contributed by atoms with Crippen molar-refractivity contribution in [1.29, 1.82) is 0 Å². The molecular formula is C23H21NO6. The molecule has 0 aliphatic carbocycles. The predicted octanol–water partition coefficient (Wildman–Crippen LogP) is 3.80. The molecule has 30 heavy (non-hydrogen) atoms. The number of hydrogen-bond acceptors (Lipinski definition) is 6. The normalized spacial score (nSPS) is 13.4. The lowest BCUT2D eigenvalue weighted by Gasteiger charge is -2.21. The van der Waals surface area contributed by atoms with Crippen molar-refractivity contribution in [3.8, 4) is 17.2 Å². The van der Waals surface area contributed by atoms with Gasteiger partial charge in [0.05, 0.1) is 12.7 Å². The summed E-state index contributed by atoms with van der Waals surface area (Å²) >= 11 is 0. The lowest BCUT2D eigenvalue weighted by molar-refractivity contribution is -0.123. The number of hydrogen-bond donors (Lipinski definition) is 1. The van der Waals surface area contributed by atoms with Crippen molar-refractivity contribution in [1.82, 2.24) is 0 Å². The maximum atomic E-state index is 12.6. The third-order valence-electron chi connectivity index (χ3n) is 4.76. The Hall–Kier alpha value is -3.74. The van der Waals surface area contributed by atoms with Crippen LogP contribution in [0.4, 0.5) is 5.69 Å². The summed E-state index contributed by atoms with van der Waals surface area (Å²) in [4.78, 5) is 25.2. The number of anilines is 1. The lowest BCUT2D eigenvalue weighted by atomic mass is 10.1. The molecule has 1 aliphatic rings. The summed E-state index contributed by atoms with van der Waals surface area (Å²) in [6, 6.07) is 16.4. The van der Waals surface area contributed by atoms with Crippen LogP contribution in [0.5, 0.6) is 17.2 Å². The number of rotatable bonds is 5. The number of carbonyl (C=O) groups excluding carboxylic acids is 2. The summed E-state index contributed by atoms with van der Waals surface area (Å²) in [5.41, 5.74) is 0.864. The van der Waals surface area contributed by atoms with Crippen LogP contribution in [0.1, 0.15) is 17.3 Å². The molecule has 7 heteroatoms. The van der Waals surface area contributed by atoms with Crippen molar-refractivity contribution in [3.63, 3.8) is 0 Å². The van der Waals surface area contributed by atoms with Crippen LogP contribution in [0.2, 0.25) is 0 Å². The Bertz CT molecular complexity index is 1090. The summed E-state index contributed by atoms with van der Waals surface area (Å²) in [6.45, 7) is 2.30. The van der Waals surface area contributed by atoms with Crippen LogP contribution in [0, 0.1) is 0 Å². The largest absolute Gasteiger partial charge is 0.493 e. The van der Waals surface area contributed by atoms with Crippen molar-refractivity contribution < 1.29 is 28.5 Å². The monoisotopic (exact) mass is 407 g/mol. The Morgan fingerprint density at radius 1 is 1.03 bits per heavy atom. The average Bonchev–Trinajstić information content (AvgIpc) is 2.78. The summed E-state index contributed by atoms with van der Waals surface area (Å²) in [7, 11) is 1.48. The zero-order valence-corrected chi connectivity index (χ0v) is 16.6. The van der Waals surface area contributed by atoms with Gasteiger partial charge in [0.25, 0.3) is 5.91 Å². The third-order valence-corrected chi connectivity index (χ3v) is 4.76. The molecule has 0 saturated heterocycles. The minimum absolute atomic E-state index is 0.209. The Labute approximate surface area is 173 Å². The number of esters is 1. The molecule has 0 unspecified atom stereocenters. The summed E-state index contributed by atoms with van der Waals surface area (Å²) < 4.78 is 21.7. The molecule has 0 saturated carbocycles. The van der Waals surface area contributed by atoms with Gasteiger partial charge in [0, 0.05) is 11.1 Å². The standard InChI is InChI=1S/C23H21NO6/c1-14(22(25)24-18-9-5-7-15-6-3-4-8-17(15)18)30-23(26)16-12-19(27-2)21-20(13-16)28-10-11-29-21/h3-9,12-14H,10-11H2,1-2H3,(H,24,25)/t14-/m0/s1. The first kappa shape index (κ1) is 19.6. The quantitative estimate of drug-likeness (QED) is 0.648. The first-order valence-corrected chi connectivity index (χ1v) is 9.54. The minimum Gasteiger partial charge on any atom is -0.493 e. The topological polar surface area (TPSA) is 83.1 Å². The van der Waals surface area contributed by atoms with E-state index < -0.39 is 18.0 Å². The third kappa shape index (κ3) is 3.87. The van der Waals surface area contributed by atoms with E-state index in [0.717, 1.165) is 10.8 Å². The highest BCUT2D eigenvalue weighted by Gasteiger charge is 2.24. The number of ether oxygens (including phenoxy) is 4. The summed E-state index contributed by atoms with van der Waals surface area (Å²) in [5, 5.41) is 4.74. The molecular weight excluding hydrogens is 386 g/mol. The van der Waals surface area contributed by atoms with Crippen LogP contribution < -0.4 is 19.5 Å². The van der Waals surface area contributed by atoms with Gasteiger partial charge in [0.1, 0.15) is 13.2 Å². The first-order valence-electron chi connectivity index (χ1n) is 9.54. The number of methoxy groups -OCH3 is 1. The second kappa shape index (κ2) is 8.32. The molecule has 7 nitrogen and oxygen atoms in total. The van der Waals surface area contributed by atoms with E-state index in [1.165, 1.54) is 26.2 Å². The van der Waals surface area contributed by atoms with E-state index in [1.807, 2.05) is 36.4 Å². The number of fused-ring (bicyclic) bond motifs is 2. The maximum absolute atomic E-state index is 12.6. The smallest absolute Gasteiger partial charge is 0.339 e. The van der Waals surface area contributed by atoms with Crippen LogP contribution in [0.3, 0.4) is 0 Å². The van der Waals surface area contributed by atoms with E-state index in [2.05, 4.69) is 5.32 Å². The molecule has 0 aromatic heterocycles. The molecule has 0 radical (unpaired) electrons. The Kier molecular flexibility index (Phi) is 5.43. The average molecular weight is 407 g/mol. The fourth-order valence-electron chi connectivity index (χ4n) is 3.24. The van der Waals surface area contributed by atoms with Crippen molar-refractivity contribution in [3.05, 3.63) is 60.2 Å². The van der Waals surface area contributed by atoms with Crippen LogP contribution in [0.15, 0.2) is 54.6 Å². The van der Waals surface area contributed by atoms with Gasteiger partial charge in [-0.15, -0.1) is 0 Å². The second-order valence-corrected chi connectivity index (χ2v) is 6.77. The summed E-state index contributed by atoms with van der Waals surface area (Å²) in [6.07, 6.45) is -1.00. The van der Waals surface area contributed by atoms with E-state index in [1.54, 1.807) is 6.07 Å². The molecule has 0 fully saturated rings. The van der Waals surface area contributed by atoms with E-state index in [0.29, 0.717) is 36.1 Å². The van der Waals surface area contributed by atoms with Crippen LogP contribution >= 0.6 is 0 Å². The minimum atomic E-state index is -1.00. The van der Waals surface area contributed by atoms with Crippen molar-refractivity contribution >= 4 is 28.3 Å². The van der Waals surface area contributed by atoms with E-state index in [9.17, 15) is 9.59 Å². The molecule has 1 atom stereocenters. The number of benzene rings is 3. The zero-order chi connectivity index (χ0) is 21.1. The van der Waals surface area contributed by atoms with Gasteiger partial charge in [-0.2, -0.15) is 0 Å². The van der Waals surface area contributed by atoms with Gasteiger partial charge < -0.3 is 24.3 Å². The molecule has 0 bridgehead atoms. The van der Waals surface area contributed by atoms with Gasteiger partial charge in [-0.1, -0.05) is 36.4 Å². The number of amides is 1. The van der Waals surface area contributed by atoms with Gasteiger partial charge in [-0.05, 0) is 30.5 Å². The SMILES string of the molecule is COc1cc(C(=O)O[C@@H](C)C(=O)Nc2cccc3ccccc23)cc2c1OCCO2. The molecule has 1 N–H and O–H groups in total. The van der Waals surface area contributed by atoms with E-state index in [4.69, 9.17) is 18.9 Å². The number of carbonyl (C=O) groups is 2. The van der Waals surface area contributed by atoms with Gasteiger partial charge in [-0.3, -0.25) is 4.79 Å². The first-order chi connectivity index (χ1) is 14.6.